The number of benzene rings is 2. The van der Waals surface area contributed by atoms with E-state index in [1.807, 2.05) is 11.0 Å². The minimum absolute atomic E-state index is 0.0121. The van der Waals surface area contributed by atoms with Gasteiger partial charge in [-0.2, -0.15) is 18.4 Å². The van der Waals surface area contributed by atoms with E-state index in [9.17, 15) is 27.2 Å². The monoisotopic (exact) mass is 446 g/mol. The van der Waals surface area contributed by atoms with E-state index in [2.05, 4.69) is 11.9 Å². The topological polar surface area (TPSA) is 42.3 Å². The number of allylic oxidation sites excluding steroid dienone is 2. The van der Waals surface area contributed by atoms with Crippen LogP contribution in [-0.4, -0.2) is 26.2 Å². The molecule has 4 rings (SSSR count). The van der Waals surface area contributed by atoms with E-state index in [0.29, 0.717) is 54.8 Å². The number of hydrogen-bond donors (Lipinski definition) is 1. The lowest BCUT2D eigenvalue weighted by atomic mass is 9.94. The zero-order chi connectivity index (χ0) is 23.0. The normalized spacial score (nSPS) is 16.5. The van der Waals surface area contributed by atoms with Crippen molar-refractivity contribution in [2.75, 3.05) is 36.0 Å². The molecule has 0 bridgehead atoms. The maximum absolute atomic E-state index is 15.0. The first-order valence-corrected chi connectivity index (χ1v) is 9.92. The highest BCUT2D eigenvalue weighted by Crippen LogP contribution is 2.41. The lowest BCUT2D eigenvalue weighted by molar-refractivity contribution is -0.137. The molecule has 0 saturated carbocycles. The van der Waals surface area contributed by atoms with E-state index in [0.717, 1.165) is 12.1 Å². The highest BCUT2D eigenvalue weighted by atomic mass is 19.4. The summed E-state index contributed by atoms with van der Waals surface area (Å²) < 4.78 is 68.1. The first-order valence-electron chi connectivity index (χ1n) is 9.92. The van der Waals surface area contributed by atoms with Crippen molar-refractivity contribution in [3.05, 3.63) is 77.0 Å². The van der Waals surface area contributed by atoms with Gasteiger partial charge in [0.2, 0.25) is 0 Å². The molecule has 9 heteroatoms. The number of fused-ring (bicyclic) bond motifs is 1. The van der Waals surface area contributed by atoms with Crippen LogP contribution in [0.25, 0.3) is 5.57 Å². The fourth-order valence-corrected chi connectivity index (χ4v) is 3.89. The lowest BCUT2D eigenvalue weighted by Crippen LogP contribution is -2.44. The summed E-state index contributed by atoms with van der Waals surface area (Å²) in [6, 6.07) is 7.24. The van der Waals surface area contributed by atoms with Crippen molar-refractivity contribution in [1.29, 1.82) is 5.26 Å². The summed E-state index contributed by atoms with van der Waals surface area (Å²) in [6.45, 7) is 6.34. The van der Waals surface area contributed by atoms with Crippen molar-refractivity contribution in [2.24, 2.45) is 0 Å². The van der Waals surface area contributed by atoms with Gasteiger partial charge < -0.3 is 15.1 Å². The van der Waals surface area contributed by atoms with Gasteiger partial charge in [-0.1, -0.05) is 12.6 Å². The molecule has 32 heavy (non-hydrogen) atoms. The highest BCUT2D eigenvalue weighted by molar-refractivity contribution is 5.92. The molecule has 2 aromatic rings. The van der Waals surface area contributed by atoms with Crippen molar-refractivity contribution >= 4 is 16.9 Å². The Bertz CT molecular complexity index is 1140. The zero-order valence-electron chi connectivity index (χ0n) is 16.9. The van der Waals surface area contributed by atoms with Crippen LogP contribution in [0.15, 0.2) is 48.7 Å². The Hall–Kier alpha value is -3.38. The van der Waals surface area contributed by atoms with Gasteiger partial charge in [0.05, 0.1) is 29.1 Å². The first-order chi connectivity index (χ1) is 15.2. The van der Waals surface area contributed by atoms with E-state index in [1.165, 1.54) is 12.3 Å². The molecule has 2 aliphatic heterocycles. The predicted octanol–water partition coefficient (Wildman–Crippen LogP) is 4.83. The van der Waals surface area contributed by atoms with Crippen LogP contribution in [0.5, 0.6) is 0 Å². The second-order valence-corrected chi connectivity index (χ2v) is 7.62. The Morgan fingerprint density at radius 2 is 1.75 bits per heavy atom. The maximum atomic E-state index is 15.0. The fraction of sp³-hybridized carbons (Fsp3) is 0.261. The predicted molar refractivity (Wildman–Crippen MR) is 112 cm³/mol. The molecule has 0 spiro atoms. The van der Waals surface area contributed by atoms with Crippen LogP contribution >= 0.6 is 0 Å². The number of rotatable bonds is 3. The van der Waals surface area contributed by atoms with Crippen LogP contribution in [0.4, 0.5) is 33.3 Å². The molecular formula is C23H19F5N4. The van der Waals surface area contributed by atoms with Gasteiger partial charge in [-0.25, -0.2) is 8.78 Å². The molecule has 2 aromatic carbocycles. The summed E-state index contributed by atoms with van der Waals surface area (Å²) >= 11 is 0. The lowest BCUT2D eigenvalue weighted by Gasteiger charge is -2.34. The third kappa shape index (κ3) is 4.06. The van der Waals surface area contributed by atoms with E-state index in [1.54, 1.807) is 11.0 Å². The summed E-state index contributed by atoms with van der Waals surface area (Å²) in [5, 5.41) is 12.7. The third-order valence-electron chi connectivity index (χ3n) is 5.61. The van der Waals surface area contributed by atoms with Crippen LogP contribution in [0, 0.1) is 23.0 Å². The summed E-state index contributed by atoms with van der Waals surface area (Å²) in [5.41, 5.74) is 0.679. The molecular weight excluding hydrogens is 427 g/mol. The molecule has 1 N–H and O–H groups in total. The number of alkyl halides is 3. The Balaban J connectivity index is 1.75. The molecule has 0 radical (unpaired) electrons. The molecule has 0 aliphatic carbocycles. The molecule has 0 unspecified atom stereocenters. The number of halogens is 5. The smallest absolute Gasteiger partial charge is 0.367 e. The SMILES string of the molecule is C=C1C(C#N)=CN(Cc2ccc(C(F)(F)F)cc2F)c2cc(N3CCNCC3)c(F)cc21. The van der Waals surface area contributed by atoms with Crippen molar-refractivity contribution in [3.8, 4) is 6.07 Å². The van der Waals surface area contributed by atoms with Gasteiger partial charge in [-0.3, -0.25) is 0 Å². The van der Waals surface area contributed by atoms with E-state index >= 15 is 0 Å². The van der Waals surface area contributed by atoms with Gasteiger partial charge in [0, 0.05) is 43.5 Å². The van der Waals surface area contributed by atoms with Crippen LogP contribution in [0.3, 0.4) is 0 Å². The van der Waals surface area contributed by atoms with Crippen molar-refractivity contribution in [1.82, 2.24) is 5.32 Å². The Labute approximate surface area is 181 Å². The van der Waals surface area contributed by atoms with Gasteiger partial charge in [0.1, 0.15) is 17.7 Å². The Morgan fingerprint density at radius 1 is 1.03 bits per heavy atom. The average Bonchev–Trinajstić information content (AvgIpc) is 2.76. The van der Waals surface area contributed by atoms with Crippen LogP contribution in [0.2, 0.25) is 0 Å². The van der Waals surface area contributed by atoms with Crippen molar-refractivity contribution < 1.29 is 22.0 Å². The summed E-state index contributed by atoms with van der Waals surface area (Å²) in [6.07, 6.45) is -3.19. The van der Waals surface area contributed by atoms with Gasteiger partial charge in [-0.15, -0.1) is 0 Å². The minimum atomic E-state index is -4.65. The second-order valence-electron chi connectivity index (χ2n) is 7.62. The number of piperazine rings is 1. The maximum Gasteiger partial charge on any atom is 0.416 e. The summed E-state index contributed by atoms with van der Waals surface area (Å²) in [7, 11) is 0. The van der Waals surface area contributed by atoms with Gasteiger partial charge in [0.25, 0.3) is 0 Å². The number of nitriles is 1. The quantitative estimate of drug-likeness (QED) is 0.686. The number of nitrogens with zero attached hydrogens (tertiary/aromatic N) is 3. The minimum Gasteiger partial charge on any atom is -0.367 e. The van der Waals surface area contributed by atoms with E-state index in [4.69, 9.17) is 0 Å². The second kappa shape index (κ2) is 8.28. The van der Waals surface area contributed by atoms with Crippen molar-refractivity contribution in [3.63, 3.8) is 0 Å². The third-order valence-corrected chi connectivity index (χ3v) is 5.61. The van der Waals surface area contributed by atoms with Crippen LogP contribution < -0.4 is 15.1 Å². The molecule has 1 saturated heterocycles. The highest BCUT2D eigenvalue weighted by Gasteiger charge is 2.32. The summed E-state index contributed by atoms with van der Waals surface area (Å²) in [5.74, 6) is -1.48. The number of hydrogen-bond acceptors (Lipinski definition) is 4. The standard InChI is InChI=1S/C23H19F5N4/c1-14-16(11-29)13-32(12-15-2-3-17(8-19(15)24)23(26,27)28)21-10-22(20(25)9-18(14)21)31-6-4-30-5-7-31/h2-3,8-10,13,30H,1,4-7,12H2. The Morgan fingerprint density at radius 3 is 2.38 bits per heavy atom. The van der Waals surface area contributed by atoms with Gasteiger partial charge in [-0.05, 0) is 29.8 Å². The van der Waals surface area contributed by atoms with E-state index < -0.39 is 23.4 Å². The molecule has 2 aliphatic rings. The first kappa shape index (κ1) is 21.8. The number of nitrogens with one attached hydrogen (secondary N) is 1. The van der Waals surface area contributed by atoms with E-state index in [-0.39, 0.29) is 17.7 Å². The van der Waals surface area contributed by atoms with Gasteiger partial charge >= 0.3 is 6.18 Å². The van der Waals surface area contributed by atoms with Crippen molar-refractivity contribution in [2.45, 2.75) is 12.7 Å². The van der Waals surface area contributed by atoms with Crippen LogP contribution in [0.1, 0.15) is 16.7 Å². The molecule has 166 valence electrons. The molecule has 0 amide bonds. The molecule has 1 fully saturated rings. The summed E-state index contributed by atoms with van der Waals surface area (Å²) in [4.78, 5) is 3.43. The fourth-order valence-electron chi connectivity index (χ4n) is 3.89. The van der Waals surface area contributed by atoms with Crippen LogP contribution in [-0.2, 0) is 12.7 Å². The molecule has 4 nitrogen and oxygen atoms in total. The largest absolute Gasteiger partial charge is 0.416 e. The number of anilines is 2. The molecule has 0 aromatic heterocycles. The molecule has 2 heterocycles. The Kier molecular flexibility index (Phi) is 5.65. The zero-order valence-corrected chi connectivity index (χ0v) is 16.9. The average molecular weight is 446 g/mol. The van der Waals surface area contributed by atoms with Gasteiger partial charge in [0.15, 0.2) is 0 Å². The molecule has 0 atom stereocenters.